The van der Waals surface area contributed by atoms with Crippen molar-refractivity contribution in [2.24, 2.45) is 23.2 Å². The zero-order valence-corrected chi connectivity index (χ0v) is 10.7. The number of hydrogen-bond acceptors (Lipinski definition) is 1. The summed E-state index contributed by atoms with van der Waals surface area (Å²) in [7, 11) is 0. The summed E-state index contributed by atoms with van der Waals surface area (Å²) in [6, 6.07) is 0. The number of rotatable bonds is 2. The van der Waals surface area contributed by atoms with E-state index in [1.165, 1.54) is 12.8 Å². The van der Waals surface area contributed by atoms with E-state index in [4.69, 9.17) is 0 Å². The van der Waals surface area contributed by atoms with Gasteiger partial charge in [-0.2, -0.15) is 0 Å². The molecule has 0 aromatic rings. The molecular weight excluding hydrogens is 184 g/mol. The molecular formula is C14H24O. The van der Waals surface area contributed by atoms with Gasteiger partial charge in [0.05, 0.1) is 0 Å². The number of ketones is 1. The zero-order chi connectivity index (χ0) is 11.6. The third-order valence-electron chi connectivity index (χ3n) is 4.34. The van der Waals surface area contributed by atoms with Crippen molar-refractivity contribution in [1.82, 2.24) is 0 Å². The van der Waals surface area contributed by atoms with Crippen molar-refractivity contribution in [2.45, 2.75) is 47.5 Å². The molecule has 0 radical (unpaired) electrons. The average Bonchev–Trinajstić information content (AvgIpc) is 2.11. The van der Waals surface area contributed by atoms with E-state index in [0.29, 0.717) is 17.3 Å². The minimum Gasteiger partial charge on any atom is -0.295 e. The van der Waals surface area contributed by atoms with Crippen LogP contribution in [0.25, 0.3) is 0 Å². The Kier molecular flexibility index (Phi) is 3.75. The third-order valence-corrected chi connectivity index (χ3v) is 4.34. The predicted octanol–water partition coefficient (Wildman–Crippen LogP) is 3.84. The lowest BCUT2D eigenvalue weighted by Gasteiger charge is -2.46. The van der Waals surface area contributed by atoms with Crippen molar-refractivity contribution in [3.05, 3.63) is 12.2 Å². The Balaban J connectivity index is 2.85. The second kappa shape index (κ2) is 4.51. The summed E-state index contributed by atoms with van der Waals surface area (Å²) in [6.07, 6.45) is 6.50. The fraction of sp³-hybridized carbons (Fsp3) is 0.786. The van der Waals surface area contributed by atoms with Crippen molar-refractivity contribution >= 4 is 5.78 Å². The van der Waals surface area contributed by atoms with Gasteiger partial charge in [0.25, 0.3) is 0 Å². The molecule has 3 atom stereocenters. The molecule has 1 nitrogen and oxygen atoms in total. The predicted molar refractivity (Wildman–Crippen MR) is 64.7 cm³/mol. The fourth-order valence-corrected chi connectivity index (χ4v) is 2.80. The van der Waals surface area contributed by atoms with E-state index in [2.05, 4.69) is 33.8 Å². The number of carbonyl (C=O) groups is 1. The molecule has 0 N–H and O–H groups in total. The van der Waals surface area contributed by atoms with Gasteiger partial charge < -0.3 is 0 Å². The molecule has 1 rings (SSSR count). The van der Waals surface area contributed by atoms with Crippen molar-refractivity contribution in [3.8, 4) is 0 Å². The van der Waals surface area contributed by atoms with Crippen molar-refractivity contribution in [1.29, 1.82) is 0 Å². The van der Waals surface area contributed by atoms with Crippen LogP contribution in [0.5, 0.6) is 0 Å². The van der Waals surface area contributed by atoms with E-state index >= 15 is 0 Å². The van der Waals surface area contributed by atoms with Crippen LogP contribution in [0.15, 0.2) is 12.2 Å². The second-order valence-electron chi connectivity index (χ2n) is 5.77. The molecule has 1 heteroatoms. The molecule has 15 heavy (non-hydrogen) atoms. The summed E-state index contributed by atoms with van der Waals surface area (Å²) in [4.78, 5) is 11.0. The Morgan fingerprint density at radius 1 is 1.27 bits per heavy atom. The van der Waals surface area contributed by atoms with E-state index in [9.17, 15) is 4.79 Å². The van der Waals surface area contributed by atoms with Crippen LogP contribution in [0, 0.1) is 23.2 Å². The zero-order valence-electron chi connectivity index (χ0n) is 10.7. The summed E-state index contributed by atoms with van der Waals surface area (Å²) in [5, 5.41) is 0. The van der Waals surface area contributed by atoms with Crippen molar-refractivity contribution in [2.75, 3.05) is 0 Å². The molecule has 86 valence electrons. The molecule has 1 fully saturated rings. The van der Waals surface area contributed by atoms with Gasteiger partial charge in [-0.3, -0.25) is 4.79 Å². The normalized spacial score (nSPS) is 35.7. The summed E-state index contributed by atoms with van der Waals surface area (Å²) >= 11 is 0. The Morgan fingerprint density at radius 3 is 2.40 bits per heavy atom. The van der Waals surface area contributed by atoms with Gasteiger partial charge >= 0.3 is 0 Å². The monoisotopic (exact) mass is 208 g/mol. The molecule has 0 spiro atoms. The first-order valence-corrected chi connectivity index (χ1v) is 6.04. The van der Waals surface area contributed by atoms with E-state index in [1.807, 2.05) is 0 Å². The molecule has 0 heterocycles. The van der Waals surface area contributed by atoms with Crippen LogP contribution >= 0.6 is 0 Å². The smallest absolute Gasteiger partial charge is 0.152 e. The van der Waals surface area contributed by atoms with E-state index in [-0.39, 0.29) is 5.78 Å². The van der Waals surface area contributed by atoms with E-state index in [1.54, 1.807) is 13.0 Å². The van der Waals surface area contributed by atoms with Crippen LogP contribution in [0.2, 0.25) is 0 Å². The number of carbonyl (C=O) groups excluding carboxylic acids is 1. The minimum absolute atomic E-state index is 0.163. The lowest BCUT2D eigenvalue weighted by Crippen LogP contribution is -2.38. The highest BCUT2D eigenvalue weighted by Gasteiger charge is 2.39. The van der Waals surface area contributed by atoms with Gasteiger partial charge in [-0.15, -0.1) is 0 Å². The Labute approximate surface area is 93.9 Å². The van der Waals surface area contributed by atoms with Crippen LogP contribution in [-0.2, 0) is 4.79 Å². The molecule has 1 aliphatic rings. The molecule has 0 bridgehead atoms. The Bertz CT molecular complexity index is 263. The maximum Gasteiger partial charge on any atom is 0.152 e. The van der Waals surface area contributed by atoms with Gasteiger partial charge in [0.2, 0.25) is 0 Å². The quantitative estimate of drug-likeness (QED) is 0.630. The van der Waals surface area contributed by atoms with E-state index < -0.39 is 0 Å². The fourth-order valence-electron chi connectivity index (χ4n) is 2.80. The van der Waals surface area contributed by atoms with Crippen LogP contribution in [0.3, 0.4) is 0 Å². The first-order valence-electron chi connectivity index (χ1n) is 6.04. The highest BCUT2D eigenvalue weighted by atomic mass is 16.1. The van der Waals surface area contributed by atoms with Gasteiger partial charge in [0, 0.05) is 0 Å². The molecule has 0 aliphatic heterocycles. The highest BCUT2D eigenvalue weighted by molar-refractivity contribution is 5.87. The largest absolute Gasteiger partial charge is 0.295 e. The molecule has 1 aliphatic carbocycles. The first-order chi connectivity index (χ1) is 6.85. The van der Waals surface area contributed by atoms with Crippen molar-refractivity contribution < 1.29 is 4.79 Å². The maximum atomic E-state index is 11.0. The van der Waals surface area contributed by atoms with Crippen LogP contribution in [0.4, 0.5) is 0 Å². The highest BCUT2D eigenvalue weighted by Crippen LogP contribution is 2.48. The molecule has 0 aromatic heterocycles. The van der Waals surface area contributed by atoms with Gasteiger partial charge in [0.15, 0.2) is 5.78 Å². The number of hydrogen-bond donors (Lipinski definition) is 0. The molecule has 0 saturated heterocycles. The third kappa shape index (κ3) is 2.70. The summed E-state index contributed by atoms with van der Waals surface area (Å²) < 4.78 is 0. The second-order valence-corrected chi connectivity index (χ2v) is 5.77. The Hall–Kier alpha value is -0.590. The molecule has 0 aromatic carbocycles. The average molecular weight is 208 g/mol. The summed E-state index contributed by atoms with van der Waals surface area (Å²) in [6.45, 7) is 10.9. The van der Waals surface area contributed by atoms with Gasteiger partial charge in [0.1, 0.15) is 0 Å². The SMILES string of the molecule is CC(=O)/C=C/[C@@H]1[C@H](C)CC[C@@H](C)C1(C)C. The lowest BCUT2D eigenvalue weighted by atomic mass is 9.59. The van der Waals surface area contributed by atoms with Gasteiger partial charge in [-0.25, -0.2) is 0 Å². The van der Waals surface area contributed by atoms with Crippen LogP contribution in [-0.4, -0.2) is 5.78 Å². The summed E-state index contributed by atoms with van der Waals surface area (Å²) in [5.74, 6) is 2.16. The Morgan fingerprint density at radius 2 is 1.87 bits per heavy atom. The summed E-state index contributed by atoms with van der Waals surface area (Å²) in [5.41, 5.74) is 0.323. The molecule has 0 amide bonds. The first kappa shape index (κ1) is 12.5. The van der Waals surface area contributed by atoms with E-state index in [0.717, 1.165) is 5.92 Å². The molecule has 1 saturated carbocycles. The van der Waals surface area contributed by atoms with Crippen molar-refractivity contribution in [3.63, 3.8) is 0 Å². The molecule has 0 unspecified atom stereocenters. The van der Waals surface area contributed by atoms with Crippen LogP contribution in [0.1, 0.15) is 47.5 Å². The maximum absolute atomic E-state index is 11.0. The number of allylic oxidation sites excluding steroid dienone is 2. The standard InChI is InChI=1S/C14H24O/c1-10-6-7-11(2)14(4,5)13(10)9-8-12(3)15/h8-11,13H,6-7H2,1-5H3/b9-8+/t10-,11-,13-/m1/s1. The van der Waals surface area contributed by atoms with Crippen LogP contribution < -0.4 is 0 Å². The van der Waals surface area contributed by atoms with Gasteiger partial charge in [-0.1, -0.05) is 33.8 Å². The van der Waals surface area contributed by atoms with Gasteiger partial charge in [-0.05, 0) is 49.0 Å². The lowest BCUT2D eigenvalue weighted by molar-refractivity contribution is -0.112. The topological polar surface area (TPSA) is 17.1 Å². The minimum atomic E-state index is 0.163.